The van der Waals surface area contributed by atoms with Crippen LogP contribution in [0.4, 0.5) is 4.39 Å². The average molecular weight is 316 g/mol. The lowest BCUT2D eigenvalue weighted by molar-refractivity contribution is -0.131. The normalized spacial score (nSPS) is 35.4. The molecule has 0 aromatic heterocycles. The van der Waals surface area contributed by atoms with E-state index in [4.69, 9.17) is 4.74 Å². The molecule has 4 rings (SSSR count). The molecule has 0 bridgehead atoms. The Hall–Kier alpha value is -1.38. The summed E-state index contributed by atoms with van der Waals surface area (Å²) in [6.07, 6.45) is 6.90. The van der Waals surface area contributed by atoms with E-state index in [1.165, 1.54) is 18.2 Å². The summed E-state index contributed by atoms with van der Waals surface area (Å²) in [5, 5.41) is 0. The molecule has 0 aliphatic heterocycles. The lowest BCUT2D eigenvalue weighted by atomic mass is 9.54. The van der Waals surface area contributed by atoms with Crippen molar-refractivity contribution in [1.29, 1.82) is 0 Å². The molecule has 2 nitrogen and oxygen atoms in total. The fourth-order valence-electron chi connectivity index (χ4n) is 5.95. The van der Waals surface area contributed by atoms with Crippen LogP contribution in [0.1, 0.15) is 62.5 Å². The second-order valence-corrected chi connectivity index (χ2v) is 7.61. The zero-order valence-electron chi connectivity index (χ0n) is 14.0. The number of rotatable bonds is 2. The summed E-state index contributed by atoms with van der Waals surface area (Å²) < 4.78 is 19.4. The van der Waals surface area contributed by atoms with Crippen molar-refractivity contribution in [2.45, 2.75) is 57.8 Å². The summed E-state index contributed by atoms with van der Waals surface area (Å²) in [6, 6.07) is 3.60. The second kappa shape index (κ2) is 5.32. The summed E-state index contributed by atoms with van der Waals surface area (Å²) in [4.78, 5) is 12.5. The van der Waals surface area contributed by atoms with Gasteiger partial charge >= 0.3 is 0 Å². The predicted molar refractivity (Wildman–Crippen MR) is 87.2 cm³/mol. The van der Waals surface area contributed by atoms with Gasteiger partial charge in [-0.15, -0.1) is 0 Å². The molecule has 0 saturated heterocycles. The lowest BCUT2D eigenvalue weighted by Crippen LogP contribution is -2.44. The topological polar surface area (TPSA) is 26.3 Å². The molecular weight excluding hydrogens is 291 g/mol. The third-order valence-electron chi connectivity index (χ3n) is 7.07. The molecule has 0 spiro atoms. The number of Topliss-reactive ketones (excluding diaryl/α,β-unsaturated/α-hetero) is 1. The molecule has 0 unspecified atom stereocenters. The third kappa shape index (κ3) is 2.01. The molecule has 1 aromatic carbocycles. The van der Waals surface area contributed by atoms with Gasteiger partial charge < -0.3 is 4.74 Å². The van der Waals surface area contributed by atoms with Gasteiger partial charge in [-0.1, -0.05) is 6.92 Å². The van der Waals surface area contributed by atoms with Crippen molar-refractivity contribution in [1.82, 2.24) is 0 Å². The fourth-order valence-corrected chi connectivity index (χ4v) is 5.95. The van der Waals surface area contributed by atoms with E-state index in [0.29, 0.717) is 29.3 Å². The molecule has 4 atom stereocenters. The molecule has 0 N–H and O–H groups in total. The zero-order valence-corrected chi connectivity index (χ0v) is 14.0. The Morgan fingerprint density at radius 2 is 2.09 bits per heavy atom. The number of halogens is 1. The Labute approximate surface area is 137 Å². The van der Waals surface area contributed by atoms with E-state index in [0.717, 1.165) is 44.9 Å². The Bertz CT molecular complexity index is 653. The molecule has 3 aliphatic carbocycles. The van der Waals surface area contributed by atoms with Crippen molar-refractivity contribution in [2.75, 3.05) is 7.11 Å². The summed E-state index contributed by atoms with van der Waals surface area (Å²) in [7, 11) is 1.52. The van der Waals surface area contributed by atoms with Crippen LogP contribution in [0.15, 0.2) is 12.1 Å². The molecule has 0 amide bonds. The minimum atomic E-state index is -0.248. The third-order valence-corrected chi connectivity index (χ3v) is 7.07. The highest BCUT2D eigenvalue weighted by atomic mass is 19.1. The van der Waals surface area contributed by atoms with Gasteiger partial charge in [-0.05, 0) is 79.5 Å². The van der Waals surface area contributed by atoms with Crippen molar-refractivity contribution in [3.05, 3.63) is 29.1 Å². The Morgan fingerprint density at radius 3 is 2.83 bits per heavy atom. The van der Waals surface area contributed by atoms with E-state index in [1.807, 2.05) is 6.07 Å². The van der Waals surface area contributed by atoms with Gasteiger partial charge in [0.05, 0.1) is 7.11 Å². The molecular formula is C20H25FO2. The minimum Gasteiger partial charge on any atom is -0.494 e. The molecule has 0 radical (unpaired) electrons. The van der Waals surface area contributed by atoms with Gasteiger partial charge in [0, 0.05) is 11.8 Å². The molecule has 0 heterocycles. The van der Waals surface area contributed by atoms with Crippen molar-refractivity contribution < 1.29 is 13.9 Å². The zero-order chi connectivity index (χ0) is 16.2. The van der Waals surface area contributed by atoms with Crippen LogP contribution in [-0.4, -0.2) is 12.9 Å². The first kappa shape index (κ1) is 15.2. The standard InChI is InChI=1S/C20H25FO2/c1-3-20-9-8-13-14(16(20)6-7-19(20)22)5-4-12-10-18(23-2)17(21)11-15(12)13/h10-11,13-14,16H,3-9H2,1-2H3/t13-,14-,16-,20-/m0/s1. The number of methoxy groups -OCH3 is 1. The van der Waals surface area contributed by atoms with E-state index in [9.17, 15) is 9.18 Å². The van der Waals surface area contributed by atoms with Crippen LogP contribution >= 0.6 is 0 Å². The van der Waals surface area contributed by atoms with Crippen molar-refractivity contribution >= 4 is 5.78 Å². The number of aryl methyl sites for hydroxylation is 1. The van der Waals surface area contributed by atoms with Gasteiger partial charge in [-0.3, -0.25) is 4.79 Å². The molecule has 2 fully saturated rings. The highest BCUT2D eigenvalue weighted by molar-refractivity contribution is 5.87. The van der Waals surface area contributed by atoms with Crippen molar-refractivity contribution in [2.24, 2.45) is 17.3 Å². The van der Waals surface area contributed by atoms with Crippen LogP contribution in [-0.2, 0) is 11.2 Å². The van der Waals surface area contributed by atoms with E-state index in [2.05, 4.69) is 6.92 Å². The number of carbonyl (C=O) groups is 1. The summed E-state index contributed by atoms with van der Waals surface area (Å²) in [5.74, 6) is 2.09. The van der Waals surface area contributed by atoms with Crippen molar-refractivity contribution in [3.8, 4) is 5.75 Å². The van der Waals surface area contributed by atoms with E-state index >= 15 is 0 Å². The molecule has 124 valence electrons. The smallest absolute Gasteiger partial charge is 0.165 e. The van der Waals surface area contributed by atoms with E-state index in [-0.39, 0.29) is 11.2 Å². The molecule has 2 saturated carbocycles. The lowest BCUT2D eigenvalue weighted by Gasteiger charge is -2.49. The molecule has 3 aliphatic rings. The fraction of sp³-hybridized carbons (Fsp3) is 0.650. The summed E-state index contributed by atoms with van der Waals surface area (Å²) >= 11 is 0. The van der Waals surface area contributed by atoms with Gasteiger partial charge in [0.1, 0.15) is 5.78 Å². The first-order valence-corrected chi connectivity index (χ1v) is 9.00. The number of hydrogen-bond acceptors (Lipinski definition) is 2. The molecule has 3 heteroatoms. The minimum absolute atomic E-state index is 0.0658. The number of fused-ring (bicyclic) bond motifs is 5. The number of benzene rings is 1. The van der Waals surface area contributed by atoms with Gasteiger partial charge in [0.15, 0.2) is 11.6 Å². The largest absolute Gasteiger partial charge is 0.494 e. The monoisotopic (exact) mass is 316 g/mol. The Balaban J connectivity index is 1.73. The number of hydrogen-bond donors (Lipinski definition) is 0. The van der Waals surface area contributed by atoms with Crippen LogP contribution in [0.25, 0.3) is 0 Å². The Morgan fingerprint density at radius 1 is 1.26 bits per heavy atom. The van der Waals surface area contributed by atoms with Crippen molar-refractivity contribution in [3.63, 3.8) is 0 Å². The summed E-state index contributed by atoms with van der Waals surface area (Å²) in [5.41, 5.74) is 2.37. The quantitative estimate of drug-likeness (QED) is 0.794. The predicted octanol–water partition coefficient (Wildman–Crippen LogP) is 4.65. The number of ether oxygens (including phenoxy) is 1. The van der Waals surface area contributed by atoms with Crippen LogP contribution in [0, 0.1) is 23.1 Å². The number of ketones is 1. The second-order valence-electron chi connectivity index (χ2n) is 7.61. The van der Waals surface area contributed by atoms with Crippen LogP contribution < -0.4 is 4.74 Å². The molecule has 23 heavy (non-hydrogen) atoms. The van der Waals surface area contributed by atoms with Gasteiger partial charge in [-0.2, -0.15) is 0 Å². The first-order chi connectivity index (χ1) is 11.1. The maximum atomic E-state index is 14.2. The first-order valence-electron chi connectivity index (χ1n) is 9.00. The van der Waals surface area contributed by atoms with Gasteiger partial charge in [0.2, 0.25) is 0 Å². The van der Waals surface area contributed by atoms with E-state index < -0.39 is 0 Å². The number of carbonyl (C=O) groups excluding carboxylic acids is 1. The highest BCUT2D eigenvalue weighted by Gasteiger charge is 2.56. The Kier molecular flexibility index (Phi) is 3.51. The van der Waals surface area contributed by atoms with Gasteiger partial charge in [0.25, 0.3) is 0 Å². The maximum absolute atomic E-state index is 14.2. The van der Waals surface area contributed by atoms with Crippen LogP contribution in [0.2, 0.25) is 0 Å². The van der Waals surface area contributed by atoms with Crippen LogP contribution in [0.3, 0.4) is 0 Å². The summed E-state index contributed by atoms with van der Waals surface area (Å²) in [6.45, 7) is 2.18. The average Bonchev–Trinajstić information content (AvgIpc) is 2.91. The van der Waals surface area contributed by atoms with Gasteiger partial charge in [-0.25, -0.2) is 4.39 Å². The molecule has 1 aromatic rings. The maximum Gasteiger partial charge on any atom is 0.165 e. The highest BCUT2D eigenvalue weighted by Crippen LogP contribution is 2.61. The SMILES string of the molecule is CC[C@]12CC[C@@H]3c4cc(F)c(OC)cc4CC[C@@H]3[C@@H]1CCC2=O. The van der Waals surface area contributed by atoms with Crippen LogP contribution in [0.5, 0.6) is 5.75 Å². The van der Waals surface area contributed by atoms with E-state index in [1.54, 1.807) is 6.07 Å².